The van der Waals surface area contributed by atoms with Crippen LogP contribution in [0.2, 0.25) is 0 Å². The predicted octanol–water partition coefficient (Wildman–Crippen LogP) is 3.98. The Morgan fingerprint density at radius 3 is 2.53 bits per heavy atom. The normalized spacial score (nSPS) is 15.9. The zero-order valence-electron chi connectivity index (χ0n) is 17.9. The monoisotopic (exact) mass is 409 g/mol. The molecule has 30 heavy (non-hydrogen) atoms. The number of aryl methyl sites for hydroxylation is 2. The summed E-state index contributed by atoms with van der Waals surface area (Å²) in [6.45, 7) is 8.06. The molecule has 0 saturated carbocycles. The number of allylic oxidation sites excluding steroid dienone is 1. The van der Waals surface area contributed by atoms with E-state index in [2.05, 4.69) is 16.0 Å². The number of methoxy groups -OCH3 is 1. The third-order valence-electron chi connectivity index (χ3n) is 4.96. The van der Waals surface area contributed by atoms with Gasteiger partial charge in [-0.1, -0.05) is 23.8 Å². The van der Waals surface area contributed by atoms with Crippen LogP contribution in [-0.2, 0) is 4.79 Å². The van der Waals surface area contributed by atoms with Crippen molar-refractivity contribution in [3.8, 4) is 11.5 Å². The van der Waals surface area contributed by atoms with Gasteiger partial charge in [0.25, 0.3) is 5.91 Å². The minimum Gasteiger partial charge on any atom is -0.493 e. The second-order valence-corrected chi connectivity index (χ2v) is 7.19. The van der Waals surface area contributed by atoms with Crippen molar-refractivity contribution in [3.63, 3.8) is 0 Å². The largest absolute Gasteiger partial charge is 0.493 e. The van der Waals surface area contributed by atoms with Gasteiger partial charge >= 0.3 is 6.03 Å². The van der Waals surface area contributed by atoms with E-state index in [0.717, 1.165) is 22.4 Å². The Labute approximate surface area is 176 Å². The minimum absolute atomic E-state index is 0.287. The number of urea groups is 1. The molecule has 3 rings (SSSR count). The third kappa shape index (κ3) is 4.40. The maximum absolute atomic E-state index is 13.2. The molecule has 7 heteroatoms. The van der Waals surface area contributed by atoms with E-state index in [1.807, 2.05) is 45.0 Å². The number of hydrogen-bond donors (Lipinski definition) is 3. The van der Waals surface area contributed by atoms with Crippen molar-refractivity contribution < 1.29 is 19.1 Å². The SMILES string of the molecule is CCOc1ccc(C2NC(=O)NC(C)=C2C(=O)Nc2ccc(C)cc2C)cc1OC. The number of anilines is 1. The van der Waals surface area contributed by atoms with E-state index in [1.54, 1.807) is 26.2 Å². The smallest absolute Gasteiger partial charge is 0.319 e. The van der Waals surface area contributed by atoms with E-state index in [1.165, 1.54) is 0 Å². The van der Waals surface area contributed by atoms with Gasteiger partial charge in [-0.25, -0.2) is 4.79 Å². The van der Waals surface area contributed by atoms with Crippen LogP contribution in [0.15, 0.2) is 47.7 Å². The zero-order valence-corrected chi connectivity index (χ0v) is 17.9. The lowest BCUT2D eigenvalue weighted by Crippen LogP contribution is -2.46. The molecule has 7 nitrogen and oxygen atoms in total. The Kier molecular flexibility index (Phi) is 6.30. The molecule has 0 bridgehead atoms. The number of rotatable bonds is 6. The van der Waals surface area contributed by atoms with Gasteiger partial charge in [-0.3, -0.25) is 4.79 Å². The highest BCUT2D eigenvalue weighted by atomic mass is 16.5. The van der Waals surface area contributed by atoms with Crippen molar-refractivity contribution in [2.75, 3.05) is 19.0 Å². The third-order valence-corrected chi connectivity index (χ3v) is 4.96. The van der Waals surface area contributed by atoms with Gasteiger partial charge < -0.3 is 25.4 Å². The van der Waals surface area contributed by atoms with Crippen molar-refractivity contribution in [2.24, 2.45) is 0 Å². The standard InChI is InChI=1S/C23H27N3O4/c1-6-30-18-10-8-16(12-19(18)29-5)21-20(15(4)24-23(28)26-21)22(27)25-17-9-7-13(2)11-14(17)3/h7-12,21H,6H2,1-5H3,(H,25,27)(H2,24,26,28). The fourth-order valence-corrected chi connectivity index (χ4v) is 3.53. The molecule has 1 aliphatic rings. The van der Waals surface area contributed by atoms with Crippen LogP contribution in [0.1, 0.15) is 36.6 Å². The summed E-state index contributed by atoms with van der Waals surface area (Å²) in [5, 5.41) is 8.50. The number of benzene rings is 2. The van der Waals surface area contributed by atoms with E-state index in [-0.39, 0.29) is 11.9 Å². The molecule has 1 unspecified atom stereocenters. The second kappa shape index (κ2) is 8.90. The van der Waals surface area contributed by atoms with Crippen molar-refractivity contribution in [1.82, 2.24) is 10.6 Å². The molecule has 0 aromatic heterocycles. The topological polar surface area (TPSA) is 88.7 Å². The highest BCUT2D eigenvalue weighted by molar-refractivity contribution is 6.07. The molecule has 2 aromatic carbocycles. The maximum Gasteiger partial charge on any atom is 0.319 e. The van der Waals surface area contributed by atoms with Crippen molar-refractivity contribution in [1.29, 1.82) is 0 Å². The molecule has 0 fully saturated rings. The van der Waals surface area contributed by atoms with E-state index in [0.29, 0.717) is 29.4 Å². The van der Waals surface area contributed by atoms with Crippen molar-refractivity contribution in [2.45, 2.75) is 33.7 Å². The summed E-state index contributed by atoms with van der Waals surface area (Å²) < 4.78 is 11.0. The van der Waals surface area contributed by atoms with Gasteiger partial charge in [0.2, 0.25) is 0 Å². The molecule has 0 spiro atoms. The second-order valence-electron chi connectivity index (χ2n) is 7.19. The van der Waals surface area contributed by atoms with Crippen LogP contribution in [0.5, 0.6) is 11.5 Å². The van der Waals surface area contributed by atoms with E-state index >= 15 is 0 Å². The van der Waals surface area contributed by atoms with E-state index < -0.39 is 6.04 Å². The van der Waals surface area contributed by atoms with E-state index in [9.17, 15) is 9.59 Å². The Hall–Kier alpha value is -3.48. The fraction of sp³-hybridized carbons (Fsp3) is 0.304. The molecule has 2 aromatic rings. The average molecular weight is 409 g/mol. The molecular formula is C23H27N3O4. The number of ether oxygens (including phenoxy) is 2. The average Bonchev–Trinajstić information content (AvgIpc) is 2.70. The summed E-state index contributed by atoms with van der Waals surface area (Å²) in [5.41, 5.74) is 4.46. The van der Waals surface area contributed by atoms with Crippen LogP contribution in [0.3, 0.4) is 0 Å². The molecule has 1 heterocycles. The molecule has 1 aliphatic heterocycles. The highest BCUT2D eigenvalue weighted by Gasteiger charge is 2.32. The molecule has 3 N–H and O–H groups in total. The van der Waals surface area contributed by atoms with E-state index in [4.69, 9.17) is 9.47 Å². The lowest BCUT2D eigenvalue weighted by Gasteiger charge is -2.29. The molecule has 0 radical (unpaired) electrons. The van der Waals surface area contributed by atoms with Gasteiger partial charge in [0.15, 0.2) is 11.5 Å². The summed E-state index contributed by atoms with van der Waals surface area (Å²) in [7, 11) is 1.55. The lowest BCUT2D eigenvalue weighted by atomic mass is 9.94. The van der Waals surface area contributed by atoms with Crippen LogP contribution >= 0.6 is 0 Å². The Morgan fingerprint density at radius 1 is 1.10 bits per heavy atom. The highest BCUT2D eigenvalue weighted by Crippen LogP contribution is 2.34. The zero-order chi connectivity index (χ0) is 21.8. The van der Waals surface area contributed by atoms with Crippen molar-refractivity contribution >= 4 is 17.6 Å². The van der Waals surface area contributed by atoms with Gasteiger partial charge in [0.05, 0.1) is 25.3 Å². The molecule has 158 valence electrons. The first-order valence-corrected chi connectivity index (χ1v) is 9.81. The number of carbonyl (C=O) groups excluding carboxylic acids is 2. The first kappa shape index (κ1) is 21.2. The summed E-state index contributed by atoms with van der Waals surface area (Å²) in [6.07, 6.45) is 0. The molecular weight excluding hydrogens is 382 g/mol. The summed E-state index contributed by atoms with van der Waals surface area (Å²) in [5.74, 6) is 0.852. The first-order chi connectivity index (χ1) is 14.3. The van der Waals surface area contributed by atoms with Gasteiger partial charge in [-0.15, -0.1) is 0 Å². The predicted molar refractivity (Wildman–Crippen MR) is 116 cm³/mol. The van der Waals surface area contributed by atoms with Crippen molar-refractivity contribution in [3.05, 3.63) is 64.4 Å². The van der Waals surface area contributed by atoms with Crippen LogP contribution in [0.25, 0.3) is 0 Å². The van der Waals surface area contributed by atoms with Crippen LogP contribution < -0.4 is 25.4 Å². The fourth-order valence-electron chi connectivity index (χ4n) is 3.53. The van der Waals surface area contributed by atoms with Crippen LogP contribution in [0.4, 0.5) is 10.5 Å². The van der Waals surface area contributed by atoms with Gasteiger partial charge in [-0.05, 0) is 57.0 Å². The Morgan fingerprint density at radius 2 is 1.87 bits per heavy atom. The summed E-state index contributed by atoms with van der Waals surface area (Å²) in [6, 6.07) is 10.2. The van der Waals surface area contributed by atoms with Gasteiger partial charge in [0.1, 0.15) is 0 Å². The number of hydrogen-bond acceptors (Lipinski definition) is 4. The van der Waals surface area contributed by atoms with Crippen LogP contribution in [0, 0.1) is 13.8 Å². The molecule has 3 amide bonds. The minimum atomic E-state index is -0.630. The number of amides is 3. The Balaban J connectivity index is 1.97. The lowest BCUT2D eigenvalue weighted by molar-refractivity contribution is -0.113. The first-order valence-electron chi connectivity index (χ1n) is 9.81. The maximum atomic E-state index is 13.2. The molecule has 0 saturated heterocycles. The molecule has 1 atom stereocenters. The summed E-state index contributed by atoms with van der Waals surface area (Å²) in [4.78, 5) is 25.4. The Bertz CT molecular complexity index is 1010. The molecule has 0 aliphatic carbocycles. The quantitative estimate of drug-likeness (QED) is 0.673. The van der Waals surface area contributed by atoms with Gasteiger partial charge in [-0.2, -0.15) is 0 Å². The number of carbonyl (C=O) groups is 2. The summed E-state index contributed by atoms with van der Waals surface area (Å²) >= 11 is 0. The van der Waals surface area contributed by atoms with Crippen LogP contribution in [-0.4, -0.2) is 25.7 Å². The number of nitrogens with one attached hydrogen (secondary N) is 3. The van der Waals surface area contributed by atoms with Gasteiger partial charge in [0, 0.05) is 11.4 Å².